The van der Waals surface area contributed by atoms with E-state index in [1.165, 1.54) is 37.2 Å². The molecule has 1 aromatic rings. The minimum absolute atomic E-state index is 0.0212. The molecule has 0 saturated carbocycles. The van der Waals surface area contributed by atoms with Crippen LogP contribution in [0, 0.1) is 11.3 Å². The number of carbonyl (C=O) groups is 2. The molecule has 1 fully saturated rings. The van der Waals surface area contributed by atoms with Crippen molar-refractivity contribution in [3.63, 3.8) is 0 Å². The molecule has 192 valence electrons. The Morgan fingerprint density at radius 2 is 1.84 bits per heavy atom. The van der Waals surface area contributed by atoms with Crippen LogP contribution in [0.1, 0.15) is 31.4 Å². The number of nitriles is 1. The number of anilines is 1. The molecular formula is C26H23F3N4O4. The number of amides is 3. The average Bonchev–Trinajstić information content (AvgIpc) is 3.03. The van der Waals surface area contributed by atoms with Gasteiger partial charge in [-0.2, -0.15) is 18.4 Å². The van der Waals surface area contributed by atoms with E-state index in [0.29, 0.717) is 23.1 Å². The van der Waals surface area contributed by atoms with E-state index >= 15 is 0 Å². The van der Waals surface area contributed by atoms with Gasteiger partial charge in [0.15, 0.2) is 0 Å². The molecule has 0 atom stereocenters. The molecule has 1 saturated heterocycles. The van der Waals surface area contributed by atoms with Crippen molar-refractivity contribution in [1.29, 1.82) is 5.26 Å². The van der Waals surface area contributed by atoms with E-state index in [1.54, 1.807) is 18.2 Å². The standard InChI is InChI=1S/C26H23F3N4O4/c1-25(2)23(34)33(20-6-3-19(16-30)22(15-20)26(27,28)29)24(35)32(25)13-14-37-21-7-4-17(5-8-21)18-9-11-31(36)12-10-18/h3-4,6-12,15,36H,5,13-14H2,1-2H3. The van der Waals surface area contributed by atoms with Crippen LogP contribution >= 0.6 is 0 Å². The third kappa shape index (κ3) is 5.01. The molecule has 3 amide bonds. The van der Waals surface area contributed by atoms with Crippen molar-refractivity contribution in [3.8, 4) is 6.07 Å². The fourth-order valence-corrected chi connectivity index (χ4v) is 4.18. The van der Waals surface area contributed by atoms with Crippen LogP contribution in [-0.2, 0) is 15.7 Å². The lowest BCUT2D eigenvalue weighted by molar-refractivity contribution is -0.137. The molecule has 2 aliphatic heterocycles. The molecule has 0 radical (unpaired) electrons. The number of imide groups is 1. The van der Waals surface area contributed by atoms with Gasteiger partial charge >= 0.3 is 12.2 Å². The van der Waals surface area contributed by atoms with Gasteiger partial charge in [-0.1, -0.05) is 6.08 Å². The van der Waals surface area contributed by atoms with Gasteiger partial charge in [0.2, 0.25) is 0 Å². The number of benzene rings is 1. The quantitative estimate of drug-likeness (QED) is 0.557. The number of hydroxylamine groups is 2. The van der Waals surface area contributed by atoms with Gasteiger partial charge in [-0.15, -0.1) is 0 Å². The fraction of sp³-hybridized carbons (Fsp3) is 0.269. The first kappa shape index (κ1) is 25.8. The summed E-state index contributed by atoms with van der Waals surface area (Å²) in [6.07, 6.45) is 7.86. The van der Waals surface area contributed by atoms with Gasteiger partial charge < -0.3 is 9.64 Å². The van der Waals surface area contributed by atoms with Gasteiger partial charge in [-0.05, 0) is 73.9 Å². The van der Waals surface area contributed by atoms with Gasteiger partial charge in [-0.3, -0.25) is 10.0 Å². The van der Waals surface area contributed by atoms with Crippen molar-refractivity contribution in [1.82, 2.24) is 9.96 Å². The van der Waals surface area contributed by atoms with Crippen molar-refractivity contribution < 1.29 is 32.7 Å². The number of alkyl halides is 3. The van der Waals surface area contributed by atoms with Gasteiger partial charge in [-0.25, -0.2) is 14.8 Å². The van der Waals surface area contributed by atoms with E-state index in [-0.39, 0.29) is 18.8 Å². The molecule has 2 heterocycles. The summed E-state index contributed by atoms with van der Waals surface area (Å²) < 4.78 is 46.0. The largest absolute Gasteiger partial charge is 0.492 e. The highest BCUT2D eigenvalue weighted by atomic mass is 19.4. The second-order valence-corrected chi connectivity index (χ2v) is 8.96. The van der Waals surface area contributed by atoms with Crippen molar-refractivity contribution in [2.45, 2.75) is 32.0 Å². The Balaban J connectivity index is 1.44. The number of halogens is 3. The topological polar surface area (TPSA) is 97.1 Å². The molecular weight excluding hydrogens is 489 g/mol. The number of hydrogen-bond donors (Lipinski definition) is 1. The molecule has 11 heteroatoms. The van der Waals surface area contributed by atoms with E-state index in [2.05, 4.69) is 0 Å². The average molecular weight is 512 g/mol. The molecule has 4 rings (SSSR count). The van der Waals surface area contributed by atoms with Crippen LogP contribution in [0.15, 0.2) is 77.9 Å². The minimum atomic E-state index is -4.82. The molecule has 8 nitrogen and oxygen atoms in total. The maximum atomic E-state index is 13.4. The first-order valence-corrected chi connectivity index (χ1v) is 11.3. The summed E-state index contributed by atoms with van der Waals surface area (Å²) in [4.78, 5) is 28.1. The maximum absolute atomic E-state index is 13.4. The third-order valence-electron chi connectivity index (χ3n) is 6.25. The molecule has 0 spiro atoms. The van der Waals surface area contributed by atoms with Crippen LogP contribution in [0.2, 0.25) is 0 Å². The van der Waals surface area contributed by atoms with E-state index in [9.17, 15) is 28.0 Å². The second kappa shape index (κ2) is 9.63. The monoisotopic (exact) mass is 512 g/mol. The summed E-state index contributed by atoms with van der Waals surface area (Å²) in [5.74, 6) is -0.107. The Hall–Kier alpha value is -4.30. The number of carbonyl (C=O) groups excluding carboxylic acids is 2. The van der Waals surface area contributed by atoms with Crippen molar-refractivity contribution >= 4 is 17.6 Å². The molecule has 1 N–H and O–H groups in total. The van der Waals surface area contributed by atoms with Crippen molar-refractivity contribution in [3.05, 3.63) is 89.0 Å². The van der Waals surface area contributed by atoms with Crippen LogP contribution in [-0.4, -0.2) is 45.8 Å². The van der Waals surface area contributed by atoms with Crippen molar-refractivity contribution in [2.75, 3.05) is 18.1 Å². The van der Waals surface area contributed by atoms with Gasteiger partial charge in [0.1, 0.15) is 17.9 Å². The third-order valence-corrected chi connectivity index (χ3v) is 6.25. The Morgan fingerprint density at radius 1 is 1.14 bits per heavy atom. The van der Waals surface area contributed by atoms with Crippen LogP contribution in [0.5, 0.6) is 0 Å². The predicted molar refractivity (Wildman–Crippen MR) is 127 cm³/mol. The first-order valence-electron chi connectivity index (χ1n) is 11.3. The Bertz CT molecular complexity index is 1320. The molecule has 3 aliphatic rings. The first-order chi connectivity index (χ1) is 17.4. The lowest BCUT2D eigenvalue weighted by Crippen LogP contribution is -2.45. The number of ether oxygens (including phenoxy) is 1. The normalized spacial score (nSPS) is 19.1. The Morgan fingerprint density at radius 3 is 2.43 bits per heavy atom. The van der Waals surface area contributed by atoms with E-state index in [1.807, 2.05) is 12.2 Å². The summed E-state index contributed by atoms with van der Waals surface area (Å²) in [7, 11) is 0. The fourth-order valence-electron chi connectivity index (χ4n) is 4.18. The molecule has 1 aliphatic carbocycles. The highest BCUT2D eigenvalue weighted by Gasteiger charge is 2.52. The van der Waals surface area contributed by atoms with Crippen LogP contribution in [0.4, 0.5) is 23.7 Å². The summed E-state index contributed by atoms with van der Waals surface area (Å²) in [5, 5.41) is 19.3. The maximum Gasteiger partial charge on any atom is 0.417 e. The zero-order valence-electron chi connectivity index (χ0n) is 20.0. The Kier molecular flexibility index (Phi) is 6.71. The molecule has 0 unspecified atom stereocenters. The summed E-state index contributed by atoms with van der Waals surface area (Å²) >= 11 is 0. The number of hydrogen-bond acceptors (Lipinski definition) is 6. The second-order valence-electron chi connectivity index (χ2n) is 8.96. The van der Waals surface area contributed by atoms with Gasteiger partial charge in [0.05, 0.1) is 29.4 Å². The van der Waals surface area contributed by atoms with Gasteiger partial charge in [0.25, 0.3) is 5.91 Å². The zero-order valence-corrected chi connectivity index (χ0v) is 20.0. The van der Waals surface area contributed by atoms with Crippen LogP contribution in [0.3, 0.4) is 0 Å². The van der Waals surface area contributed by atoms with E-state index in [0.717, 1.165) is 28.3 Å². The van der Waals surface area contributed by atoms with Crippen LogP contribution in [0.25, 0.3) is 0 Å². The highest BCUT2D eigenvalue weighted by molar-refractivity contribution is 6.23. The number of urea groups is 1. The minimum Gasteiger partial charge on any atom is -0.492 e. The lowest BCUT2D eigenvalue weighted by Gasteiger charge is -2.27. The summed E-state index contributed by atoms with van der Waals surface area (Å²) in [6, 6.07) is 3.45. The SMILES string of the molecule is CC1(C)C(=O)N(c2ccc(C#N)c(C(F)(F)F)c2)C(=O)N1CCOC1=CCC(=C2C=CN(O)C=C2)C=C1. The highest BCUT2D eigenvalue weighted by Crippen LogP contribution is 2.37. The van der Waals surface area contributed by atoms with E-state index in [4.69, 9.17) is 10.00 Å². The lowest BCUT2D eigenvalue weighted by atomic mass is 9.99. The number of rotatable bonds is 5. The number of nitrogens with zero attached hydrogens (tertiary/aromatic N) is 4. The zero-order chi connectivity index (χ0) is 27.0. The Labute approximate surface area is 211 Å². The molecule has 0 bridgehead atoms. The molecule has 37 heavy (non-hydrogen) atoms. The van der Waals surface area contributed by atoms with E-state index < -0.39 is 34.8 Å². The molecule has 0 aromatic heterocycles. The summed E-state index contributed by atoms with van der Waals surface area (Å²) in [6.45, 7) is 3.10. The van der Waals surface area contributed by atoms with Crippen LogP contribution < -0.4 is 4.90 Å². The number of allylic oxidation sites excluding steroid dienone is 7. The van der Waals surface area contributed by atoms with Gasteiger partial charge in [0, 0.05) is 12.4 Å². The predicted octanol–water partition coefficient (Wildman–Crippen LogP) is 5.01. The molecule has 1 aromatic carbocycles. The van der Waals surface area contributed by atoms with Crippen molar-refractivity contribution in [2.24, 2.45) is 0 Å². The smallest absolute Gasteiger partial charge is 0.417 e. The summed E-state index contributed by atoms with van der Waals surface area (Å²) in [5.41, 5.74) is -1.43.